The first-order chi connectivity index (χ1) is 12.8. The summed E-state index contributed by atoms with van der Waals surface area (Å²) in [7, 11) is 0. The zero-order chi connectivity index (χ0) is 17.8. The fraction of sp³-hybridized carbons (Fsp3) is 0.0870. The average molecular weight is 340 g/mol. The van der Waals surface area contributed by atoms with Gasteiger partial charge in [0, 0.05) is 17.0 Å². The Balaban J connectivity index is 1.89. The summed E-state index contributed by atoms with van der Waals surface area (Å²) in [4.78, 5) is 0. The molecular weight excluding hydrogens is 320 g/mol. The van der Waals surface area contributed by atoms with E-state index in [1.165, 1.54) is 5.56 Å². The Labute approximate surface area is 152 Å². The molecule has 0 amide bonds. The van der Waals surface area contributed by atoms with Crippen LogP contribution < -0.4 is 10.8 Å². The van der Waals surface area contributed by atoms with Crippen molar-refractivity contribution in [2.75, 3.05) is 5.43 Å². The number of hydrogen-bond donors (Lipinski definition) is 1. The van der Waals surface area contributed by atoms with Gasteiger partial charge in [0.15, 0.2) is 0 Å². The van der Waals surface area contributed by atoms with E-state index in [2.05, 4.69) is 29.6 Å². The van der Waals surface area contributed by atoms with Gasteiger partial charge in [-0.1, -0.05) is 61.5 Å². The Hall–Kier alpha value is -3.33. The van der Waals surface area contributed by atoms with Crippen molar-refractivity contribution in [3.63, 3.8) is 0 Å². The molecule has 1 heterocycles. The number of benzene rings is 3. The van der Waals surface area contributed by atoms with E-state index in [1.54, 1.807) is 0 Å². The van der Waals surface area contributed by atoms with E-state index in [1.807, 2.05) is 72.8 Å². The van der Waals surface area contributed by atoms with Gasteiger partial charge in [-0.3, -0.25) is 5.43 Å². The number of anilines is 1. The van der Waals surface area contributed by atoms with Gasteiger partial charge in [0.05, 0.1) is 11.0 Å². The van der Waals surface area contributed by atoms with Crippen LogP contribution in [0.1, 0.15) is 12.5 Å². The highest BCUT2D eigenvalue weighted by Gasteiger charge is 2.06. The molecule has 0 aliphatic heterocycles. The first-order valence-corrected chi connectivity index (χ1v) is 8.80. The van der Waals surface area contributed by atoms with Crippen molar-refractivity contribution < 1.29 is 4.42 Å². The van der Waals surface area contributed by atoms with Gasteiger partial charge in [-0.2, -0.15) is 5.10 Å². The van der Waals surface area contributed by atoms with Crippen molar-refractivity contribution in [3.8, 4) is 11.3 Å². The summed E-state index contributed by atoms with van der Waals surface area (Å²) < 4.78 is 6.15. The highest BCUT2D eigenvalue weighted by atomic mass is 16.3. The van der Waals surface area contributed by atoms with E-state index in [-0.39, 0.29) is 0 Å². The van der Waals surface area contributed by atoms with Gasteiger partial charge in [0.1, 0.15) is 11.3 Å². The van der Waals surface area contributed by atoms with Gasteiger partial charge in [0.2, 0.25) is 0 Å². The fourth-order valence-corrected chi connectivity index (χ4v) is 2.91. The van der Waals surface area contributed by atoms with Gasteiger partial charge in [-0.25, -0.2) is 0 Å². The molecule has 3 nitrogen and oxygen atoms in total. The molecule has 0 saturated carbocycles. The fourth-order valence-electron chi connectivity index (χ4n) is 2.91. The summed E-state index contributed by atoms with van der Waals surface area (Å²) in [6.07, 6.45) is 0.974. The van der Waals surface area contributed by atoms with E-state index in [9.17, 15) is 0 Å². The van der Waals surface area contributed by atoms with Crippen molar-refractivity contribution in [3.05, 3.63) is 95.8 Å². The smallest absolute Gasteiger partial charge is 0.136 e. The first kappa shape index (κ1) is 16.2. The van der Waals surface area contributed by atoms with Crippen LogP contribution in [0.3, 0.4) is 0 Å². The topological polar surface area (TPSA) is 37.5 Å². The number of rotatable bonds is 4. The van der Waals surface area contributed by atoms with Crippen molar-refractivity contribution in [1.82, 2.24) is 0 Å². The van der Waals surface area contributed by atoms with Gasteiger partial charge in [0.25, 0.3) is 0 Å². The Morgan fingerprint density at radius 1 is 0.846 bits per heavy atom. The summed E-state index contributed by atoms with van der Waals surface area (Å²) >= 11 is 0. The lowest BCUT2D eigenvalue weighted by Gasteiger charge is -2.07. The second-order valence-electron chi connectivity index (χ2n) is 6.14. The molecule has 0 aliphatic carbocycles. The Bertz CT molecular complexity index is 1080. The number of para-hydroxylation sites is 1. The third kappa shape index (κ3) is 3.38. The summed E-state index contributed by atoms with van der Waals surface area (Å²) in [6, 6.07) is 28.3. The predicted molar refractivity (Wildman–Crippen MR) is 107 cm³/mol. The van der Waals surface area contributed by atoms with Gasteiger partial charge < -0.3 is 4.42 Å². The zero-order valence-electron chi connectivity index (χ0n) is 14.6. The standard InChI is InChI=1S/C23H20N2O/c1-2-17-13-14-22-20(15-17)21(25-24-19-11-7-4-8-12-19)16-23(26-22)18-9-5-3-6-10-18/h3-16,24H,2H2,1H3/b25-21+. The number of fused-ring (bicyclic) bond motifs is 1. The molecule has 26 heavy (non-hydrogen) atoms. The maximum atomic E-state index is 6.15. The molecule has 4 rings (SSSR count). The monoisotopic (exact) mass is 340 g/mol. The first-order valence-electron chi connectivity index (χ1n) is 8.80. The summed E-state index contributed by atoms with van der Waals surface area (Å²) in [5, 5.41) is 6.53. The molecular formula is C23H20N2O. The van der Waals surface area contributed by atoms with Crippen molar-refractivity contribution in [1.29, 1.82) is 0 Å². The highest BCUT2D eigenvalue weighted by Crippen LogP contribution is 2.22. The third-order valence-electron chi connectivity index (χ3n) is 4.35. The van der Waals surface area contributed by atoms with Crippen LogP contribution in [0.4, 0.5) is 5.69 Å². The number of aryl methyl sites for hydroxylation is 1. The molecule has 1 aromatic heterocycles. The Morgan fingerprint density at radius 3 is 2.31 bits per heavy atom. The van der Waals surface area contributed by atoms with Crippen molar-refractivity contribution >= 4 is 16.7 Å². The molecule has 0 spiro atoms. The van der Waals surface area contributed by atoms with E-state index in [4.69, 9.17) is 4.42 Å². The van der Waals surface area contributed by atoms with E-state index >= 15 is 0 Å². The molecule has 4 aromatic rings. The number of nitrogens with zero attached hydrogens (tertiary/aromatic N) is 1. The third-order valence-corrected chi connectivity index (χ3v) is 4.35. The molecule has 3 aromatic carbocycles. The molecule has 0 unspecified atom stereocenters. The van der Waals surface area contributed by atoms with E-state index in [0.29, 0.717) is 0 Å². The van der Waals surface area contributed by atoms with Crippen molar-refractivity contribution in [2.45, 2.75) is 13.3 Å². The molecule has 0 atom stereocenters. The summed E-state index contributed by atoms with van der Waals surface area (Å²) in [6.45, 7) is 2.15. The molecule has 128 valence electrons. The maximum Gasteiger partial charge on any atom is 0.136 e. The van der Waals surface area contributed by atoms with Gasteiger partial charge in [-0.05, 0) is 36.2 Å². The van der Waals surface area contributed by atoms with E-state index in [0.717, 1.165) is 39.8 Å². The molecule has 0 radical (unpaired) electrons. The maximum absolute atomic E-state index is 6.15. The Kier molecular flexibility index (Phi) is 4.52. The SMILES string of the molecule is CCc1ccc2oc(-c3ccccc3)c/c(=N\Nc3ccccc3)c2c1. The minimum atomic E-state index is 0.802. The molecule has 0 fully saturated rings. The zero-order valence-corrected chi connectivity index (χ0v) is 14.6. The predicted octanol–water partition coefficient (Wildman–Crippen LogP) is 5.59. The lowest BCUT2D eigenvalue weighted by Crippen LogP contribution is -2.07. The molecule has 0 aliphatic rings. The largest absolute Gasteiger partial charge is 0.456 e. The average Bonchev–Trinajstić information content (AvgIpc) is 2.73. The van der Waals surface area contributed by atoms with Gasteiger partial charge in [-0.15, -0.1) is 0 Å². The minimum absolute atomic E-state index is 0.802. The van der Waals surface area contributed by atoms with Crippen LogP contribution in [0.15, 0.2) is 94.4 Å². The van der Waals surface area contributed by atoms with E-state index < -0.39 is 0 Å². The molecule has 0 saturated heterocycles. The number of hydrogen-bond acceptors (Lipinski definition) is 3. The normalized spacial score (nSPS) is 11.7. The van der Waals surface area contributed by atoms with Crippen LogP contribution in [-0.2, 0) is 6.42 Å². The second-order valence-corrected chi connectivity index (χ2v) is 6.14. The summed E-state index contributed by atoms with van der Waals surface area (Å²) in [5.74, 6) is 0.802. The van der Waals surface area contributed by atoms with Crippen LogP contribution in [0, 0.1) is 0 Å². The highest BCUT2D eigenvalue weighted by molar-refractivity contribution is 5.79. The molecule has 0 bridgehead atoms. The van der Waals surface area contributed by atoms with Crippen LogP contribution in [-0.4, -0.2) is 0 Å². The second kappa shape index (κ2) is 7.28. The lowest BCUT2D eigenvalue weighted by molar-refractivity contribution is 0.618. The van der Waals surface area contributed by atoms with Crippen LogP contribution >= 0.6 is 0 Å². The summed E-state index contributed by atoms with van der Waals surface area (Å²) in [5.41, 5.74) is 7.23. The Morgan fingerprint density at radius 2 is 1.58 bits per heavy atom. The van der Waals surface area contributed by atoms with Crippen LogP contribution in [0.25, 0.3) is 22.3 Å². The van der Waals surface area contributed by atoms with Crippen LogP contribution in [0.2, 0.25) is 0 Å². The quantitative estimate of drug-likeness (QED) is 0.492. The minimum Gasteiger partial charge on any atom is -0.456 e. The van der Waals surface area contributed by atoms with Crippen LogP contribution in [0.5, 0.6) is 0 Å². The molecule has 3 heteroatoms. The van der Waals surface area contributed by atoms with Crippen molar-refractivity contribution in [2.24, 2.45) is 5.10 Å². The number of nitrogens with one attached hydrogen (secondary N) is 1. The molecule has 1 N–H and O–H groups in total. The lowest BCUT2D eigenvalue weighted by atomic mass is 10.1. The van der Waals surface area contributed by atoms with Gasteiger partial charge >= 0.3 is 0 Å².